The molecule has 6 nitrogen and oxygen atoms in total. The number of barbiturate groups is 1. The van der Waals surface area contributed by atoms with Crippen molar-refractivity contribution >= 4 is 17.8 Å². The van der Waals surface area contributed by atoms with Gasteiger partial charge in [0.1, 0.15) is 5.57 Å². The quantitative estimate of drug-likeness (QED) is 0.354. The van der Waals surface area contributed by atoms with Gasteiger partial charge in [-0.25, -0.2) is 4.79 Å². The Labute approximate surface area is 86.1 Å². The van der Waals surface area contributed by atoms with Gasteiger partial charge in [0.25, 0.3) is 11.8 Å². The molecular weight excluding hydrogens is 198 g/mol. The summed E-state index contributed by atoms with van der Waals surface area (Å²) >= 11 is 0. The molecule has 80 valence electrons. The Hall–Kier alpha value is -1.69. The van der Waals surface area contributed by atoms with E-state index in [1.807, 2.05) is 0 Å². The van der Waals surface area contributed by atoms with E-state index in [2.05, 4.69) is 16.0 Å². The zero-order valence-corrected chi connectivity index (χ0v) is 8.05. The fourth-order valence-electron chi connectivity index (χ4n) is 1.77. The second-order valence-electron chi connectivity index (χ2n) is 3.47. The minimum Gasteiger partial charge on any atom is -0.316 e. The SMILES string of the molecule is O=C1NC(=O)C(=C2CCNCC2)C(=O)N1. The average Bonchev–Trinajstić information content (AvgIpc) is 2.17. The third-order valence-corrected chi connectivity index (χ3v) is 2.47. The van der Waals surface area contributed by atoms with Crippen molar-refractivity contribution in [2.45, 2.75) is 12.8 Å². The van der Waals surface area contributed by atoms with Crippen molar-refractivity contribution in [3.63, 3.8) is 0 Å². The molecule has 2 rings (SSSR count). The molecule has 2 fully saturated rings. The van der Waals surface area contributed by atoms with E-state index in [9.17, 15) is 14.4 Å². The summed E-state index contributed by atoms with van der Waals surface area (Å²) in [7, 11) is 0. The van der Waals surface area contributed by atoms with Gasteiger partial charge in [0.2, 0.25) is 0 Å². The Morgan fingerprint density at radius 3 is 1.93 bits per heavy atom. The molecular formula is C9H11N3O3. The number of piperidine rings is 1. The second-order valence-corrected chi connectivity index (χ2v) is 3.47. The predicted molar refractivity (Wildman–Crippen MR) is 50.8 cm³/mol. The minimum absolute atomic E-state index is 0.108. The molecule has 0 radical (unpaired) electrons. The fraction of sp³-hybridized carbons (Fsp3) is 0.444. The third-order valence-electron chi connectivity index (χ3n) is 2.47. The lowest BCUT2D eigenvalue weighted by Gasteiger charge is -2.21. The number of amides is 4. The van der Waals surface area contributed by atoms with E-state index in [-0.39, 0.29) is 5.57 Å². The smallest absolute Gasteiger partial charge is 0.316 e. The zero-order valence-electron chi connectivity index (χ0n) is 8.05. The van der Waals surface area contributed by atoms with E-state index in [1.54, 1.807) is 0 Å². The van der Waals surface area contributed by atoms with Crippen LogP contribution in [-0.2, 0) is 9.59 Å². The average molecular weight is 209 g/mol. The van der Waals surface area contributed by atoms with Crippen LogP contribution in [-0.4, -0.2) is 30.9 Å². The van der Waals surface area contributed by atoms with Crippen LogP contribution in [0.3, 0.4) is 0 Å². The topological polar surface area (TPSA) is 87.3 Å². The molecule has 6 heteroatoms. The Morgan fingerprint density at radius 2 is 1.40 bits per heavy atom. The van der Waals surface area contributed by atoms with Crippen molar-refractivity contribution < 1.29 is 14.4 Å². The van der Waals surface area contributed by atoms with Crippen molar-refractivity contribution in [3.05, 3.63) is 11.1 Å². The second kappa shape index (κ2) is 3.82. The van der Waals surface area contributed by atoms with Gasteiger partial charge in [-0.2, -0.15) is 0 Å². The summed E-state index contributed by atoms with van der Waals surface area (Å²) in [4.78, 5) is 33.7. The third kappa shape index (κ3) is 1.89. The summed E-state index contributed by atoms with van der Waals surface area (Å²) in [6.07, 6.45) is 1.34. The van der Waals surface area contributed by atoms with Crippen LogP contribution in [0.15, 0.2) is 11.1 Å². The van der Waals surface area contributed by atoms with E-state index < -0.39 is 17.8 Å². The van der Waals surface area contributed by atoms with Crippen LogP contribution in [0.4, 0.5) is 4.79 Å². The summed E-state index contributed by atoms with van der Waals surface area (Å²) in [5.41, 5.74) is 0.923. The number of hydrogen-bond donors (Lipinski definition) is 3. The fourth-order valence-corrected chi connectivity index (χ4v) is 1.77. The summed E-state index contributed by atoms with van der Waals surface area (Å²) in [5.74, 6) is -1.17. The standard InChI is InChI=1S/C9H11N3O3/c13-7-6(5-1-3-10-4-2-5)8(14)12-9(15)11-7/h10H,1-4H2,(H2,11,12,13,14,15). The predicted octanol–water partition coefficient (Wildman–Crippen LogP) is -0.968. The molecule has 0 atom stereocenters. The monoisotopic (exact) mass is 209 g/mol. The number of hydrogen-bond acceptors (Lipinski definition) is 4. The van der Waals surface area contributed by atoms with Gasteiger partial charge >= 0.3 is 6.03 Å². The van der Waals surface area contributed by atoms with Gasteiger partial charge < -0.3 is 5.32 Å². The first-order valence-electron chi connectivity index (χ1n) is 4.78. The van der Waals surface area contributed by atoms with Crippen LogP contribution in [0.1, 0.15) is 12.8 Å². The molecule has 3 N–H and O–H groups in total. The summed E-state index contributed by atoms with van der Waals surface area (Å²) in [6.45, 7) is 1.51. The lowest BCUT2D eigenvalue weighted by Crippen LogP contribution is -2.52. The molecule has 0 spiro atoms. The number of carbonyl (C=O) groups is 3. The summed E-state index contributed by atoms with van der Waals surface area (Å²) < 4.78 is 0. The largest absolute Gasteiger partial charge is 0.328 e. The van der Waals surface area contributed by atoms with Crippen molar-refractivity contribution in [1.82, 2.24) is 16.0 Å². The van der Waals surface area contributed by atoms with Crippen molar-refractivity contribution in [2.24, 2.45) is 0 Å². The Bertz CT molecular complexity index is 343. The maximum Gasteiger partial charge on any atom is 0.328 e. The van der Waals surface area contributed by atoms with Gasteiger partial charge in [-0.1, -0.05) is 0 Å². The summed E-state index contributed by atoms with van der Waals surface area (Å²) in [5, 5.41) is 7.27. The molecule has 0 aromatic carbocycles. The van der Waals surface area contributed by atoms with Crippen LogP contribution in [0, 0.1) is 0 Å². The molecule has 0 aromatic rings. The highest BCUT2D eigenvalue weighted by Gasteiger charge is 2.30. The molecule has 0 aliphatic carbocycles. The zero-order chi connectivity index (χ0) is 10.8. The first-order chi connectivity index (χ1) is 7.18. The minimum atomic E-state index is -0.747. The van der Waals surface area contributed by atoms with Gasteiger partial charge in [0.15, 0.2) is 0 Å². The van der Waals surface area contributed by atoms with E-state index in [4.69, 9.17) is 0 Å². The van der Waals surface area contributed by atoms with Crippen molar-refractivity contribution in [2.75, 3.05) is 13.1 Å². The number of urea groups is 1. The highest BCUT2D eigenvalue weighted by molar-refractivity contribution is 6.29. The first kappa shape index (κ1) is 9.85. The van der Waals surface area contributed by atoms with Gasteiger partial charge in [0.05, 0.1) is 0 Å². The maximum atomic E-state index is 11.4. The van der Waals surface area contributed by atoms with Crippen LogP contribution >= 0.6 is 0 Å². The lowest BCUT2D eigenvalue weighted by molar-refractivity contribution is -0.124. The summed E-state index contributed by atoms with van der Waals surface area (Å²) in [6, 6.07) is -0.747. The maximum absolute atomic E-state index is 11.4. The molecule has 0 saturated carbocycles. The number of imide groups is 2. The molecule has 2 aliphatic rings. The normalized spacial score (nSPS) is 22.5. The Morgan fingerprint density at radius 1 is 0.867 bits per heavy atom. The molecule has 15 heavy (non-hydrogen) atoms. The molecule has 2 heterocycles. The van der Waals surface area contributed by atoms with Gasteiger partial charge in [-0.15, -0.1) is 0 Å². The van der Waals surface area contributed by atoms with Crippen LogP contribution in [0.25, 0.3) is 0 Å². The van der Waals surface area contributed by atoms with Crippen LogP contribution in [0.2, 0.25) is 0 Å². The van der Waals surface area contributed by atoms with E-state index in [1.165, 1.54) is 0 Å². The first-order valence-corrected chi connectivity index (χ1v) is 4.78. The molecule has 0 bridgehead atoms. The van der Waals surface area contributed by atoms with Crippen molar-refractivity contribution in [1.29, 1.82) is 0 Å². The van der Waals surface area contributed by atoms with E-state index in [0.29, 0.717) is 12.8 Å². The Kier molecular flexibility index (Phi) is 2.51. The van der Waals surface area contributed by atoms with Gasteiger partial charge in [0, 0.05) is 0 Å². The molecule has 0 unspecified atom stereocenters. The number of carbonyl (C=O) groups excluding carboxylic acids is 3. The molecule has 2 aliphatic heterocycles. The molecule has 4 amide bonds. The molecule has 2 saturated heterocycles. The highest BCUT2D eigenvalue weighted by Crippen LogP contribution is 2.17. The lowest BCUT2D eigenvalue weighted by atomic mass is 9.97. The van der Waals surface area contributed by atoms with Crippen molar-refractivity contribution in [3.8, 4) is 0 Å². The Balaban J connectivity index is 2.29. The van der Waals surface area contributed by atoms with Gasteiger partial charge in [-0.3, -0.25) is 20.2 Å². The molecule has 0 aromatic heterocycles. The van der Waals surface area contributed by atoms with Crippen LogP contribution in [0.5, 0.6) is 0 Å². The highest BCUT2D eigenvalue weighted by atomic mass is 16.2. The number of rotatable bonds is 0. The van der Waals surface area contributed by atoms with Gasteiger partial charge in [-0.05, 0) is 31.5 Å². The van der Waals surface area contributed by atoms with E-state index in [0.717, 1.165) is 18.7 Å². The van der Waals surface area contributed by atoms with Crippen LogP contribution < -0.4 is 16.0 Å². The van der Waals surface area contributed by atoms with E-state index >= 15 is 0 Å². The number of nitrogens with one attached hydrogen (secondary N) is 3.